The molecule has 0 radical (unpaired) electrons. The summed E-state index contributed by atoms with van der Waals surface area (Å²) in [6, 6.07) is 14.8. The lowest BCUT2D eigenvalue weighted by Gasteiger charge is -2.11. The predicted molar refractivity (Wildman–Crippen MR) is 115 cm³/mol. The summed E-state index contributed by atoms with van der Waals surface area (Å²) < 4.78 is 8.34. The van der Waals surface area contributed by atoms with Gasteiger partial charge in [0.05, 0.1) is 11.4 Å². The van der Waals surface area contributed by atoms with Crippen molar-refractivity contribution in [2.75, 3.05) is 5.32 Å². The van der Waals surface area contributed by atoms with Gasteiger partial charge in [0.2, 0.25) is 0 Å². The Morgan fingerprint density at radius 2 is 1.97 bits per heavy atom. The van der Waals surface area contributed by atoms with Crippen molar-refractivity contribution >= 4 is 27.7 Å². The first-order valence-electron chi connectivity index (χ1n) is 9.08. The highest BCUT2D eigenvalue weighted by molar-refractivity contribution is 9.10. The van der Waals surface area contributed by atoms with E-state index in [2.05, 4.69) is 41.5 Å². The zero-order valence-electron chi connectivity index (χ0n) is 16.0. The monoisotopic (exact) mass is 464 g/mol. The van der Waals surface area contributed by atoms with Crippen LogP contribution >= 0.6 is 15.9 Å². The van der Waals surface area contributed by atoms with Crippen LogP contribution in [0.25, 0.3) is 5.69 Å². The van der Waals surface area contributed by atoms with E-state index in [1.54, 1.807) is 42.3 Å². The van der Waals surface area contributed by atoms with Gasteiger partial charge in [-0.3, -0.25) is 9.78 Å². The van der Waals surface area contributed by atoms with Crippen molar-refractivity contribution in [2.24, 2.45) is 0 Å². The van der Waals surface area contributed by atoms with E-state index < -0.39 is 5.91 Å². The number of rotatable bonds is 6. The molecule has 4 rings (SSSR count). The summed E-state index contributed by atoms with van der Waals surface area (Å²) in [6.45, 7) is 2.12. The lowest BCUT2D eigenvalue weighted by molar-refractivity contribution is 0.102. The number of halogens is 1. The van der Waals surface area contributed by atoms with Gasteiger partial charge in [0.1, 0.15) is 6.61 Å². The molecule has 0 aliphatic rings. The topological polar surface area (TPSA) is 94.8 Å². The van der Waals surface area contributed by atoms with Crippen molar-refractivity contribution in [1.29, 1.82) is 0 Å². The van der Waals surface area contributed by atoms with E-state index in [0.29, 0.717) is 23.9 Å². The third-order valence-corrected chi connectivity index (χ3v) is 4.80. The van der Waals surface area contributed by atoms with Gasteiger partial charge < -0.3 is 10.1 Å². The van der Waals surface area contributed by atoms with Gasteiger partial charge in [-0.25, -0.2) is 9.67 Å². The number of amides is 1. The Labute approximate surface area is 181 Å². The average molecular weight is 465 g/mol. The third-order valence-electron chi connectivity index (χ3n) is 4.31. The number of nitrogens with zero attached hydrogens (tertiary/aromatic N) is 5. The van der Waals surface area contributed by atoms with Crippen molar-refractivity contribution in [1.82, 2.24) is 25.0 Å². The van der Waals surface area contributed by atoms with Crippen molar-refractivity contribution in [2.45, 2.75) is 13.5 Å². The van der Waals surface area contributed by atoms with Crippen LogP contribution in [0.3, 0.4) is 0 Å². The molecule has 0 fully saturated rings. The highest BCUT2D eigenvalue weighted by Crippen LogP contribution is 2.23. The number of carbonyl (C=O) groups is 1. The first kappa shape index (κ1) is 19.7. The van der Waals surface area contributed by atoms with Crippen LogP contribution in [0.15, 0.2) is 71.6 Å². The quantitative estimate of drug-likeness (QED) is 0.463. The summed E-state index contributed by atoms with van der Waals surface area (Å²) in [6.07, 6.45) is 4.98. The largest absolute Gasteiger partial charge is 0.485 e. The molecular weight excluding hydrogens is 448 g/mol. The maximum atomic E-state index is 12.8. The molecule has 9 heteroatoms. The maximum absolute atomic E-state index is 12.8. The Morgan fingerprint density at radius 1 is 1.13 bits per heavy atom. The van der Waals surface area contributed by atoms with E-state index in [9.17, 15) is 4.79 Å². The van der Waals surface area contributed by atoms with Crippen LogP contribution in [-0.4, -0.2) is 30.9 Å². The molecule has 0 aliphatic heterocycles. The highest BCUT2D eigenvalue weighted by Gasteiger charge is 2.19. The Bertz CT molecular complexity index is 1180. The number of hydrogen-bond donors (Lipinski definition) is 1. The number of carbonyl (C=O) groups excluding carboxylic acids is 1. The van der Waals surface area contributed by atoms with Gasteiger partial charge in [-0.1, -0.05) is 27.2 Å². The Balaban J connectivity index is 1.52. The second-order valence-electron chi connectivity index (χ2n) is 6.36. The number of pyridine rings is 2. The summed E-state index contributed by atoms with van der Waals surface area (Å²) >= 11 is 3.44. The number of hydrogen-bond acceptors (Lipinski definition) is 6. The lowest BCUT2D eigenvalue weighted by Crippen LogP contribution is -2.16. The van der Waals surface area contributed by atoms with Crippen molar-refractivity contribution < 1.29 is 9.53 Å². The molecule has 150 valence electrons. The van der Waals surface area contributed by atoms with Crippen LogP contribution in [0.4, 0.5) is 5.82 Å². The minimum atomic E-state index is -0.416. The van der Waals surface area contributed by atoms with Crippen LogP contribution in [0.1, 0.15) is 21.7 Å². The van der Waals surface area contributed by atoms with E-state index in [-0.39, 0.29) is 5.69 Å². The predicted octanol–water partition coefficient (Wildman–Crippen LogP) is 3.96. The van der Waals surface area contributed by atoms with E-state index in [0.717, 1.165) is 15.7 Å². The van der Waals surface area contributed by atoms with Gasteiger partial charge in [0, 0.05) is 23.1 Å². The SMILES string of the molecule is Cc1c(C(=O)Nc2ncccc2OCc2ccncc2)nnn1-c1cccc(Br)c1. The molecule has 4 aromatic rings. The number of anilines is 1. The second-order valence-corrected chi connectivity index (χ2v) is 7.28. The molecule has 0 spiro atoms. The van der Waals surface area contributed by atoms with Gasteiger partial charge in [0.15, 0.2) is 17.3 Å². The second kappa shape index (κ2) is 8.83. The molecule has 1 amide bonds. The fourth-order valence-electron chi connectivity index (χ4n) is 2.80. The summed E-state index contributed by atoms with van der Waals surface area (Å²) in [4.78, 5) is 21.1. The molecule has 0 atom stereocenters. The third kappa shape index (κ3) is 4.36. The summed E-state index contributed by atoms with van der Waals surface area (Å²) in [5.41, 5.74) is 2.58. The van der Waals surface area contributed by atoms with Gasteiger partial charge >= 0.3 is 0 Å². The Morgan fingerprint density at radius 3 is 2.77 bits per heavy atom. The van der Waals surface area contributed by atoms with Crippen molar-refractivity contribution in [3.63, 3.8) is 0 Å². The molecule has 0 unspecified atom stereocenters. The molecule has 0 saturated carbocycles. The summed E-state index contributed by atoms with van der Waals surface area (Å²) in [7, 11) is 0. The molecular formula is C21H17BrN6O2. The van der Waals surface area contributed by atoms with Crippen molar-refractivity contribution in [3.8, 4) is 11.4 Å². The first-order valence-corrected chi connectivity index (χ1v) is 9.87. The fourth-order valence-corrected chi connectivity index (χ4v) is 3.19. The molecule has 1 aromatic carbocycles. The number of aromatic nitrogens is 5. The van der Waals surface area contributed by atoms with E-state index in [1.165, 1.54) is 0 Å². The Hall–Kier alpha value is -3.59. The van der Waals surface area contributed by atoms with E-state index >= 15 is 0 Å². The van der Waals surface area contributed by atoms with Gasteiger partial charge in [-0.05, 0) is 55.0 Å². The first-order chi connectivity index (χ1) is 14.6. The number of nitrogens with one attached hydrogen (secondary N) is 1. The minimum absolute atomic E-state index is 0.209. The molecule has 3 heterocycles. The number of ether oxygens (including phenoxy) is 1. The maximum Gasteiger partial charge on any atom is 0.279 e. The van der Waals surface area contributed by atoms with E-state index in [1.807, 2.05) is 36.4 Å². The molecule has 0 bridgehead atoms. The average Bonchev–Trinajstić information content (AvgIpc) is 3.15. The van der Waals surface area contributed by atoms with Crippen LogP contribution < -0.4 is 10.1 Å². The zero-order chi connectivity index (χ0) is 20.9. The standard InChI is InChI=1S/C21H17BrN6O2/c1-14-19(26-27-28(14)17-5-2-4-16(22)12-17)21(29)25-20-18(6-3-9-24-20)30-13-15-7-10-23-11-8-15/h2-12H,13H2,1H3,(H,24,25,29). The highest BCUT2D eigenvalue weighted by atomic mass is 79.9. The van der Waals surface area contributed by atoms with Gasteiger partial charge in [-0.2, -0.15) is 0 Å². The molecule has 8 nitrogen and oxygen atoms in total. The molecule has 3 aromatic heterocycles. The van der Waals surface area contributed by atoms with E-state index in [4.69, 9.17) is 4.74 Å². The van der Waals surface area contributed by atoms with Gasteiger partial charge in [-0.15, -0.1) is 5.10 Å². The molecule has 0 saturated heterocycles. The Kier molecular flexibility index (Phi) is 5.80. The number of benzene rings is 1. The normalized spacial score (nSPS) is 10.6. The fraction of sp³-hybridized carbons (Fsp3) is 0.0952. The van der Waals surface area contributed by atoms with Crippen LogP contribution in [-0.2, 0) is 6.61 Å². The lowest BCUT2D eigenvalue weighted by atomic mass is 10.3. The minimum Gasteiger partial charge on any atom is -0.485 e. The van der Waals surface area contributed by atoms with Crippen LogP contribution in [0.5, 0.6) is 5.75 Å². The van der Waals surface area contributed by atoms with Crippen LogP contribution in [0.2, 0.25) is 0 Å². The van der Waals surface area contributed by atoms with Gasteiger partial charge in [0.25, 0.3) is 5.91 Å². The van der Waals surface area contributed by atoms with Crippen molar-refractivity contribution in [3.05, 3.63) is 88.5 Å². The molecule has 0 aliphatic carbocycles. The summed E-state index contributed by atoms with van der Waals surface area (Å²) in [5, 5.41) is 10.9. The zero-order valence-corrected chi connectivity index (χ0v) is 17.6. The smallest absolute Gasteiger partial charge is 0.279 e. The van der Waals surface area contributed by atoms with Crippen LogP contribution in [0, 0.1) is 6.92 Å². The molecule has 1 N–H and O–H groups in total. The summed E-state index contributed by atoms with van der Waals surface area (Å²) in [5.74, 6) is 0.355. The molecule has 30 heavy (non-hydrogen) atoms.